The molecule has 4 N–H and O–H groups in total. The average molecular weight is 563 g/mol. The first-order chi connectivity index (χ1) is 18.7. The highest BCUT2D eigenvalue weighted by atomic mass is 16.6. The molecule has 224 valence electrons. The Morgan fingerprint density at radius 3 is 2.30 bits per heavy atom. The molecule has 40 heavy (non-hydrogen) atoms. The van der Waals surface area contributed by atoms with Gasteiger partial charge in [0.2, 0.25) is 17.7 Å². The number of hydrogen-bond acceptors (Lipinski definition) is 7. The average Bonchev–Trinajstić information content (AvgIpc) is 2.87. The predicted molar refractivity (Wildman–Crippen MR) is 151 cm³/mol. The number of hydrogen-bond donors (Lipinski definition) is 3. The number of aryl methyl sites for hydroxylation is 1. The van der Waals surface area contributed by atoms with Gasteiger partial charge in [0.1, 0.15) is 24.2 Å². The Labute approximate surface area is 237 Å². The van der Waals surface area contributed by atoms with Crippen LogP contribution in [0.4, 0.5) is 4.79 Å². The number of carbonyl (C=O) groups is 5. The molecule has 1 aromatic rings. The van der Waals surface area contributed by atoms with Crippen molar-refractivity contribution in [1.29, 1.82) is 0 Å². The fourth-order valence-electron chi connectivity index (χ4n) is 4.12. The van der Waals surface area contributed by atoms with E-state index in [0.717, 1.165) is 30.4 Å². The Kier molecular flexibility index (Phi) is 14.2. The quantitative estimate of drug-likeness (QED) is 0.219. The molecular weight excluding hydrogens is 516 g/mol. The van der Waals surface area contributed by atoms with Crippen LogP contribution in [0.5, 0.6) is 0 Å². The predicted octanol–water partition coefficient (Wildman–Crippen LogP) is 3.20. The largest absolute Gasteiger partial charge is 0.468 e. The molecule has 0 aliphatic heterocycles. The second kappa shape index (κ2) is 16.5. The molecule has 0 saturated carbocycles. The van der Waals surface area contributed by atoms with E-state index in [1.54, 1.807) is 32.9 Å². The van der Waals surface area contributed by atoms with Crippen LogP contribution in [0, 0.1) is 13.8 Å². The summed E-state index contributed by atoms with van der Waals surface area (Å²) in [6.45, 7) is 10.7. The highest BCUT2D eigenvalue weighted by Crippen LogP contribution is 2.28. The number of carbonyl (C=O) groups excluding carboxylic acids is 5. The molecule has 11 nitrogen and oxygen atoms in total. The van der Waals surface area contributed by atoms with E-state index in [4.69, 9.17) is 10.5 Å². The zero-order valence-corrected chi connectivity index (χ0v) is 24.9. The lowest BCUT2D eigenvalue weighted by atomic mass is 9.94. The number of benzene rings is 1. The van der Waals surface area contributed by atoms with Crippen molar-refractivity contribution in [3.8, 4) is 0 Å². The molecule has 2 unspecified atom stereocenters. The molecule has 1 aromatic carbocycles. The number of nitrogens with two attached hydrogens (primary N) is 1. The van der Waals surface area contributed by atoms with Crippen molar-refractivity contribution in [2.75, 3.05) is 20.2 Å². The fourth-order valence-corrected chi connectivity index (χ4v) is 4.12. The van der Waals surface area contributed by atoms with E-state index >= 15 is 0 Å². The Balaban J connectivity index is 3.59. The minimum Gasteiger partial charge on any atom is -0.468 e. The molecule has 0 bridgehead atoms. The van der Waals surface area contributed by atoms with Gasteiger partial charge in [0.15, 0.2) is 0 Å². The van der Waals surface area contributed by atoms with Crippen LogP contribution in [-0.2, 0) is 28.7 Å². The molecular formula is C29H46N4O7. The van der Waals surface area contributed by atoms with Crippen molar-refractivity contribution >= 4 is 29.8 Å². The lowest BCUT2D eigenvalue weighted by Crippen LogP contribution is -2.53. The lowest BCUT2D eigenvalue weighted by Gasteiger charge is -2.35. The number of nitrogens with zero attached hydrogens (tertiary/aromatic N) is 1. The van der Waals surface area contributed by atoms with Crippen LogP contribution in [0.15, 0.2) is 18.2 Å². The van der Waals surface area contributed by atoms with Gasteiger partial charge in [0.05, 0.1) is 7.11 Å². The molecule has 0 aliphatic rings. The van der Waals surface area contributed by atoms with Crippen LogP contribution < -0.4 is 16.4 Å². The van der Waals surface area contributed by atoms with Gasteiger partial charge >= 0.3 is 12.1 Å². The lowest BCUT2D eigenvalue weighted by molar-refractivity contribution is -0.145. The fraction of sp³-hybridized carbons (Fsp3) is 0.621. The summed E-state index contributed by atoms with van der Waals surface area (Å²) in [5.41, 5.74) is 6.84. The number of nitrogens with one attached hydrogen (secondary N) is 2. The van der Waals surface area contributed by atoms with Crippen molar-refractivity contribution < 1.29 is 33.4 Å². The number of primary amides is 1. The molecule has 0 aliphatic carbocycles. The maximum absolute atomic E-state index is 14.2. The Hall–Kier alpha value is -3.63. The van der Waals surface area contributed by atoms with Crippen molar-refractivity contribution in [1.82, 2.24) is 15.5 Å². The summed E-state index contributed by atoms with van der Waals surface area (Å²) in [5, 5.41) is 5.16. The summed E-state index contributed by atoms with van der Waals surface area (Å²) in [6.07, 6.45) is 2.23. The number of ether oxygens (including phenoxy) is 2. The molecule has 0 aromatic heterocycles. The highest BCUT2D eigenvalue weighted by molar-refractivity contribution is 5.93. The Bertz CT molecular complexity index is 1040. The molecule has 0 saturated heterocycles. The number of amides is 4. The third kappa shape index (κ3) is 11.6. The molecule has 11 heteroatoms. The number of alkyl carbamates (subject to hydrolysis) is 1. The first-order valence-electron chi connectivity index (χ1n) is 13.7. The Morgan fingerprint density at radius 2 is 1.73 bits per heavy atom. The van der Waals surface area contributed by atoms with Gasteiger partial charge in [-0.15, -0.1) is 0 Å². The van der Waals surface area contributed by atoms with Gasteiger partial charge in [-0.2, -0.15) is 0 Å². The molecule has 4 amide bonds. The van der Waals surface area contributed by atoms with Crippen LogP contribution in [0.2, 0.25) is 0 Å². The van der Waals surface area contributed by atoms with Crippen LogP contribution in [0.25, 0.3) is 0 Å². The van der Waals surface area contributed by atoms with E-state index < -0.39 is 47.5 Å². The van der Waals surface area contributed by atoms with E-state index in [-0.39, 0.29) is 25.9 Å². The summed E-state index contributed by atoms with van der Waals surface area (Å²) in [4.78, 5) is 65.3. The van der Waals surface area contributed by atoms with Gasteiger partial charge in [-0.05, 0) is 64.2 Å². The van der Waals surface area contributed by atoms with Crippen LogP contribution in [0.3, 0.4) is 0 Å². The minimum atomic E-state index is -1.19. The third-order valence-electron chi connectivity index (χ3n) is 6.34. The van der Waals surface area contributed by atoms with Gasteiger partial charge in [0, 0.05) is 13.0 Å². The SMILES string of the molecule is CCCCCCN(C(=O)C(CCC(N)=O)NC(=O)OC(C)(C)C)C(C(=O)NCC(=O)OC)c1cccc(C)c1C. The summed E-state index contributed by atoms with van der Waals surface area (Å²) < 4.78 is 10.0. The molecule has 0 heterocycles. The van der Waals surface area contributed by atoms with Gasteiger partial charge in [-0.25, -0.2) is 4.79 Å². The van der Waals surface area contributed by atoms with Crippen LogP contribution in [0.1, 0.15) is 89.0 Å². The van der Waals surface area contributed by atoms with E-state index in [2.05, 4.69) is 22.3 Å². The first kappa shape index (κ1) is 34.4. The smallest absolute Gasteiger partial charge is 0.408 e. The van der Waals surface area contributed by atoms with Gasteiger partial charge < -0.3 is 30.7 Å². The maximum Gasteiger partial charge on any atom is 0.408 e. The normalized spacial score (nSPS) is 12.6. The zero-order chi connectivity index (χ0) is 30.5. The molecule has 0 radical (unpaired) electrons. The number of unbranched alkanes of at least 4 members (excludes halogenated alkanes) is 3. The summed E-state index contributed by atoms with van der Waals surface area (Å²) >= 11 is 0. The first-order valence-corrected chi connectivity index (χ1v) is 13.7. The molecule has 1 rings (SSSR count). The van der Waals surface area contributed by atoms with E-state index in [0.29, 0.717) is 12.0 Å². The maximum atomic E-state index is 14.2. The van der Waals surface area contributed by atoms with Crippen molar-refractivity contribution in [2.45, 2.75) is 97.8 Å². The molecule has 0 fully saturated rings. The summed E-state index contributed by atoms with van der Waals surface area (Å²) in [7, 11) is 1.21. The summed E-state index contributed by atoms with van der Waals surface area (Å²) in [5.74, 6) is -2.42. The molecule has 2 atom stereocenters. The van der Waals surface area contributed by atoms with Gasteiger partial charge in [-0.3, -0.25) is 19.2 Å². The second-order valence-corrected chi connectivity index (χ2v) is 10.8. The van der Waals surface area contributed by atoms with Gasteiger partial charge in [-0.1, -0.05) is 44.4 Å². The topological polar surface area (TPSA) is 157 Å². The van der Waals surface area contributed by atoms with E-state index in [9.17, 15) is 24.0 Å². The van der Waals surface area contributed by atoms with Gasteiger partial charge in [0.25, 0.3) is 0 Å². The number of esters is 1. The van der Waals surface area contributed by atoms with Crippen molar-refractivity contribution in [3.63, 3.8) is 0 Å². The van der Waals surface area contributed by atoms with Crippen molar-refractivity contribution in [2.24, 2.45) is 5.73 Å². The van der Waals surface area contributed by atoms with Crippen LogP contribution >= 0.6 is 0 Å². The molecule has 0 spiro atoms. The standard InChI is InChI=1S/C29H46N4O7/c1-8-9-10-11-17-33(27(37)22(15-16-23(30)34)32-28(38)40-29(4,5)6)25(26(36)31-18-24(35)39-7)21-14-12-13-19(2)20(21)3/h12-14,22,25H,8-11,15-18H2,1-7H3,(H2,30,34)(H,31,36)(H,32,38). The zero-order valence-electron chi connectivity index (χ0n) is 24.9. The number of methoxy groups -OCH3 is 1. The van der Waals surface area contributed by atoms with E-state index in [1.165, 1.54) is 12.0 Å². The second-order valence-electron chi connectivity index (χ2n) is 10.8. The number of rotatable bonds is 15. The van der Waals surface area contributed by atoms with Crippen LogP contribution in [-0.4, -0.2) is 66.5 Å². The monoisotopic (exact) mass is 562 g/mol. The third-order valence-corrected chi connectivity index (χ3v) is 6.34. The minimum absolute atomic E-state index is 0.0812. The Morgan fingerprint density at radius 1 is 1.05 bits per heavy atom. The highest BCUT2D eigenvalue weighted by Gasteiger charge is 2.37. The van der Waals surface area contributed by atoms with E-state index in [1.807, 2.05) is 19.9 Å². The van der Waals surface area contributed by atoms with Crippen molar-refractivity contribution in [3.05, 3.63) is 34.9 Å². The summed E-state index contributed by atoms with van der Waals surface area (Å²) in [6, 6.07) is 3.15.